The maximum atomic E-state index is 13.6. The Balaban J connectivity index is 2.14. The van der Waals surface area contributed by atoms with E-state index in [1.165, 1.54) is 0 Å². The lowest BCUT2D eigenvalue weighted by Crippen LogP contribution is -2.33. The van der Waals surface area contributed by atoms with Crippen molar-refractivity contribution in [1.82, 2.24) is 10.3 Å². The molecule has 0 saturated carbocycles. The van der Waals surface area contributed by atoms with Gasteiger partial charge in [-0.1, -0.05) is 0 Å². The molecule has 5 heteroatoms. The van der Waals surface area contributed by atoms with E-state index in [-0.39, 0.29) is 11.9 Å². The lowest BCUT2D eigenvalue weighted by Gasteiger charge is -2.28. The predicted octanol–water partition coefficient (Wildman–Crippen LogP) is 1.94. The van der Waals surface area contributed by atoms with Gasteiger partial charge in [-0.25, -0.2) is 13.8 Å². The van der Waals surface area contributed by atoms with Crippen LogP contribution in [0.25, 0.3) is 0 Å². The highest BCUT2D eigenvalue weighted by atomic mass is 19.1. The van der Waals surface area contributed by atoms with Gasteiger partial charge in [-0.2, -0.15) is 0 Å². The van der Waals surface area contributed by atoms with Crippen molar-refractivity contribution in [3.05, 3.63) is 23.9 Å². The van der Waals surface area contributed by atoms with Crippen LogP contribution in [0, 0.1) is 11.6 Å². The normalized spacial score (nSPS) is 21.0. The van der Waals surface area contributed by atoms with Crippen LogP contribution in [0.1, 0.15) is 19.3 Å². The molecule has 94 valence electrons. The summed E-state index contributed by atoms with van der Waals surface area (Å²) in [6, 6.07) is 1.14. The van der Waals surface area contributed by atoms with Gasteiger partial charge in [0.25, 0.3) is 0 Å². The van der Waals surface area contributed by atoms with Crippen LogP contribution in [0.2, 0.25) is 0 Å². The maximum absolute atomic E-state index is 13.6. The summed E-state index contributed by atoms with van der Waals surface area (Å²) in [7, 11) is 1.82. The first-order valence-corrected chi connectivity index (χ1v) is 5.93. The quantitative estimate of drug-likeness (QED) is 0.857. The van der Waals surface area contributed by atoms with Gasteiger partial charge in [0, 0.05) is 19.2 Å². The van der Waals surface area contributed by atoms with Crippen LogP contribution < -0.4 is 10.2 Å². The molecule has 2 heterocycles. The van der Waals surface area contributed by atoms with Crippen LogP contribution in [0.3, 0.4) is 0 Å². The average molecular weight is 241 g/mol. The van der Waals surface area contributed by atoms with Gasteiger partial charge in [-0.3, -0.25) is 0 Å². The fourth-order valence-corrected chi connectivity index (χ4v) is 2.23. The Kier molecular flexibility index (Phi) is 3.89. The van der Waals surface area contributed by atoms with Crippen molar-refractivity contribution < 1.29 is 8.78 Å². The van der Waals surface area contributed by atoms with Crippen LogP contribution in [-0.2, 0) is 0 Å². The van der Waals surface area contributed by atoms with Crippen molar-refractivity contribution in [3.8, 4) is 0 Å². The van der Waals surface area contributed by atoms with Crippen molar-refractivity contribution >= 4 is 5.82 Å². The monoisotopic (exact) mass is 241 g/mol. The van der Waals surface area contributed by atoms with Crippen molar-refractivity contribution in [3.63, 3.8) is 0 Å². The number of aromatic nitrogens is 1. The smallest absolute Gasteiger partial charge is 0.168 e. The van der Waals surface area contributed by atoms with Gasteiger partial charge in [-0.15, -0.1) is 0 Å². The van der Waals surface area contributed by atoms with Gasteiger partial charge in [-0.05, 0) is 32.4 Å². The van der Waals surface area contributed by atoms with Gasteiger partial charge in [0.1, 0.15) is 5.82 Å². The highest BCUT2D eigenvalue weighted by Gasteiger charge is 2.20. The molecule has 3 nitrogen and oxygen atoms in total. The second-order valence-corrected chi connectivity index (χ2v) is 4.40. The minimum Gasteiger partial charge on any atom is -0.354 e. The predicted molar refractivity (Wildman–Crippen MR) is 63.1 cm³/mol. The zero-order valence-electron chi connectivity index (χ0n) is 9.92. The van der Waals surface area contributed by atoms with E-state index >= 15 is 0 Å². The fourth-order valence-electron chi connectivity index (χ4n) is 2.23. The van der Waals surface area contributed by atoms with Crippen LogP contribution >= 0.6 is 0 Å². The standard InChI is InChI=1S/C12H17F2N3/c1-17(10-3-2-5-15-6-4-10)12-11(14)7-9(13)8-16-12/h7-8,10,15H,2-6H2,1H3. The Morgan fingerprint density at radius 1 is 1.35 bits per heavy atom. The summed E-state index contributed by atoms with van der Waals surface area (Å²) in [5.74, 6) is -0.995. The number of hydrogen-bond acceptors (Lipinski definition) is 3. The van der Waals surface area contributed by atoms with Gasteiger partial charge in [0.15, 0.2) is 11.6 Å². The largest absolute Gasteiger partial charge is 0.354 e. The number of halogens is 2. The molecule has 1 saturated heterocycles. The summed E-state index contributed by atoms with van der Waals surface area (Å²) in [5.41, 5.74) is 0. The molecule has 1 N–H and O–H groups in total. The molecule has 1 fully saturated rings. The average Bonchev–Trinajstić information content (AvgIpc) is 2.56. The van der Waals surface area contributed by atoms with Gasteiger partial charge < -0.3 is 10.2 Å². The van der Waals surface area contributed by atoms with E-state index in [9.17, 15) is 8.78 Å². The number of hydrogen-bond donors (Lipinski definition) is 1. The summed E-state index contributed by atoms with van der Waals surface area (Å²) in [5, 5.41) is 3.31. The van der Waals surface area contributed by atoms with E-state index in [0.717, 1.165) is 44.6 Å². The van der Waals surface area contributed by atoms with E-state index in [1.807, 2.05) is 11.9 Å². The molecule has 1 aliphatic heterocycles. The number of nitrogens with one attached hydrogen (secondary N) is 1. The molecule has 0 radical (unpaired) electrons. The highest BCUT2D eigenvalue weighted by Crippen LogP contribution is 2.21. The molecule has 1 aliphatic rings. The second kappa shape index (κ2) is 5.40. The Labute approximate surface area is 99.8 Å². The Bertz CT molecular complexity index is 376. The highest BCUT2D eigenvalue weighted by molar-refractivity contribution is 5.40. The Hall–Kier alpha value is -1.23. The molecule has 2 rings (SSSR count). The fraction of sp³-hybridized carbons (Fsp3) is 0.583. The second-order valence-electron chi connectivity index (χ2n) is 4.40. The first-order chi connectivity index (χ1) is 8.18. The third-order valence-corrected chi connectivity index (χ3v) is 3.22. The molecule has 1 unspecified atom stereocenters. The van der Waals surface area contributed by atoms with E-state index in [2.05, 4.69) is 10.3 Å². The zero-order chi connectivity index (χ0) is 12.3. The molecule has 1 aromatic heterocycles. The third-order valence-electron chi connectivity index (χ3n) is 3.22. The molecule has 1 atom stereocenters. The van der Waals surface area contributed by atoms with Crippen LogP contribution in [0.4, 0.5) is 14.6 Å². The summed E-state index contributed by atoms with van der Waals surface area (Å²) < 4.78 is 26.4. The molecular weight excluding hydrogens is 224 g/mol. The molecule has 0 bridgehead atoms. The molecular formula is C12H17F2N3. The first kappa shape index (κ1) is 12.2. The third kappa shape index (κ3) is 2.91. The van der Waals surface area contributed by atoms with Crippen LogP contribution in [-0.4, -0.2) is 31.2 Å². The topological polar surface area (TPSA) is 28.2 Å². The summed E-state index contributed by atoms with van der Waals surface area (Å²) in [4.78, 5) is 5.66. The number of anilines is 1. The molecule has 17 heavy (non-hydrogen) atoms. The van der Waals surface area contributed by atoms with Crippen molar-refractivity contribution in [2.24, 2.45) is 0 Å². The van der Waals surface area contributed by atoms with Crippen LogP contribution in [0.15, 0.2) is 12.3 Å². The van der Waals surface area contributed by atoms with Crippen molar-refractivity contribution in [2.45, 2.75) is 25.3 Å². The van der Waals surface area contributed by atoms with E-state index in [4.69, 9.17) is 0 Å². The Morgan fingerprint density at radius 2 is 2.18 bits per heavy atom. The number of rotatable bonds is 2. The summed E-state index contributed by atoms with van der Waals surface area (Å²) in [6.45, 7) is 1.93. The number of pyridine rings is 1. The minimum absolute atomic E-state index is 0.235. The molecule has 0 aliphatic carbocycles. The van der Waals surface area contributed by atoms with E-state index in [1.54, 1.807) is 0 Å². The molecule has 0 aromatic carbocycles. The van der Waals surface area contributed by atoms with Crippen molar-refractivity contribution in [1.29, 1.82) is 0 Å². The zero-order valence-corrected chi connectivity index (χ0v) is 9.92. The van der Waals surface area contributed by atoms with E-state index in [0.29, 0.717) is 0 Å². The molecule has 0 amide bonds. The first-order valence-electron chi connectivity index (χ1n) is 5.93. The molecule has 0 spiro atoms. The molecule has 1 aromatic rings. The van der Waals surface area contributed by atoms with Gasteiger partial charge in [0.05, 0.1) is 6.20 Å². The summed E-state index contributed by atoms with van der Waals surface area (Å²) in [6.07, 6.45) is 4.08. The Morgan fingerprint density at radius 3 is 2.94 bits per heavy atom. The van der Waals surface area contributed by atoms with Gasteiger partial charge >= 0.3 is 0 Å². The lowest BCUT2D eigenvalue weighted by atomic mass is 10.1. The van der Waals surface area contributed by atoms with Crippen molar-refractivity contribution in [2.75, 3.05) is 25.0 Å². The SMILES string of the molecule is CN(c1ncc(F)cc1F)C1CCCNCC1. The number of nitrogens with zero attached hydrogens (tertiary/aromatic N) is 2. The van der Waals surface area contributed by atoms with Gasteiger partial charge in [0.2, 0.25) is 0 Å². The maximum Gasteiger partial charge on any atom is 0.168 e. The van der Waals surface area contributed by atoms with Crippen LogP contribution in [0.5, 0.6) is 0 Å². The summed E-state index contributed by atoms with van der Waals surface area (Å²) >= 11 is 0. The van der Waals surface area contributed by atoms with E-state index < -0.39 is 11.6 Å². The minimum atomic E-state index is -0.637. The lowest BCUT2D eigenvalue weighted by molar-refractivity contribution is 0.531.